The second kappa shape index (κ2) is 2.70. The van der Waals surface area contributed by atoms with Gasteiger partial charge in [0.25, 0.3) is 0 Å². The molecule has 84 valence electrons. The Bertz CT molecular complexity index is 444. The summed E-state index contributed by atoms with van der Waals surface area (Å²) >= 11 is 0. The minimum Gasteiger partial charge on any atom is -0.299 e. The molecule has 0 heterocycles. The lowest BCUT2D eigenvalue weighted by Crippen LogP contribution is -2.30. The largest absolute Gasteiger partial charge is 0.299 e. The summed E-state index contributed by atoms with van der Waals surface area (Å²) in [6.07, 6.45) is 3.70. The Hall–Kier alpha value is -1.25. The highest BCUT2D eigenvalue weighted by molar-refractivity contribution is 6.14. The first-order chi connectivity index (χ1) is 7.44. The van der Waals surface area contributed by atoms with Crippen LogP contribution in [0.25, 0.3) is 0 Å². The zero-order valence-electron chi connectivity index (χ0n) is 9.40. The Kier molecular flexibility index (Phi) is 1.68. The van der Waals surface area contributed by atoms with Gasteiger partial charge in [-0.2, -0.15) is 0 Å². The van der Waals surface area contributed by atoms with E-state index < -0.39 is 11.3 Å². The Morgan fingerprint density at radius 2 is 1.94 bits per heavy atom. The van der Waals surface area contributed by atoms with E-state index >= 15 is 0 Å². The van der Waals surface area contributed by atoms with Crippen LogP contribution < -0.4 is 0 Å². The van der Waals surface area contributed by atoms with E-state index in [9.17, 15) is 14.4 Å². The summed E-state index contributed by atoms with van der Waals surface area (Å²) < 4.78 is 0. The third kappa shape index (κ3) is 0.920. The number of fused-ring (bicyclic) bond motifs is 3. The van der Waals surface area contributed by atoms with E-state index in [0.717, 1.165) is 0 Å². The molecule has 0 saturated heterocycles. The van der Waals surface area contributed by atoms with Crippen LogP contribution in [0.5, 0.6) is 0 Å². The van der Waals surface area contributed by atoms with Crippen molar-refractivity contribution >= 4 is 17.3 Å². The van der Waals surface area contributed by atoms with Crippen LogP contribution in [-0.4, -0.2) is 17.3 Å². The lowest BCUT2D eigenvalue weighted by molar-refractivity contribution is -0.132. The minimum atomic E-state index is -0.470. The molecule has 0 bridgehead atoms. The number of rotatable bonds is 0. The van der Waals surface area contributed by atoms with Crippen LogP contribution in [-0.2, 0) is 14.4 Å². The van der Waals surface area contributed by atoms with Gasteiger partial charge >= 0.3 is 0 Å². The van der Waals surface area contributed by atoms with Gasteiger partial charge in [0, 0.05) is 17.8 Å². The second-order valence-electron chi connectivity index (χ2n) is 5.70. The minimum absolute atomic E-state index is 0.00363. The molecule has 0 aromatic heterocycles. The van der Waals surface area contributed by atoms with E-state index in [2.05, 4.69) is 0 Å². The van der Waals surface area contributed by atoms with Crippen LogP contribution in [0.3, 0.4) is 0 Å². The summed E-state index contributed by atoms with van der Waals surface area (Å²) in [5.74, 6) is -0.543. The molecular weight excluding hydrogens is 204 g/mol. The number of hydrogen-bond donors (Lipinski definition) is 0. The van der Waals surface area contributed by atoms with Crippen molar-refractivity contribution in [2.75, 3.05) is 0 Å². The van der Waals surface area contributed by atoms with Crippen molar-refractivity contribution in [2.24, 2.45) is 29.1 Å². The van der Waals surface area contributed by atoms with Gasteiger partial charge in [-0.3, -0.25) is 14.4 Å². The lowest BCUT2D eigenvalue weighted by Gasteiger charge is -2.28. The van der Waals surface area contributed by atoms with Crippen LogP contribution in [0.2, 0.25) is 0 Å². The summed E-state index contributed by atoms with van der Waals surface area (Å²) in [7, 11) is 0. The molecule has 3 heteroatoms. The van der Waals surface area contributed by atoms with Crippen LogP contribution in [0.1, 0.15) is 20.3 Å². The van der Waals surface area contributed by atoms with Gasteiger partial charge in [-0.25, -0.2) is 0 Å². The summed E-state index contributed by atoms with van der Waals surface area (Å²) in [6, 6.07) is 0. The molecule has 2 fully saturated rings. The van der Waals surface area contributed by atoms with E-state index in [1.807, 2.05) is 19.9 Å². The van der Waals surface area contributed by atoms with Crippen molar-refractivity contribution in [3.63, 3.8) is 0 Å². The zero-order valence-corrected chi connectivity index (χ0v) is 9.40. The van der Waals surface area contributed by atoms with Gasteiger partial charge in [0.05, 0.1) is 5.92 Å². The van der Waals surface area contributed by atoms with E-state index in [-0.39, 0.29) is 35.1 Å². The monoisotopic (exact) mass is 218 g/mol. The first kappa shape index (κ1) is 9.94. The Balaban J connectivity index is 2.09. The Morgan fingerprint density at radius 1 is 1.25 bits per heavy atom. The molecule has 0 aromatic rings. The van der Waals surface area contributed by atoms with Gasteiger partial charge in [0.2, 0.25) is 0 Å². The Labute approximate surface area is 93.9 Å². The topological polar surface area (TPSA) is 51.2 Å². The molecule has 4 atom stereocenters. The van der Waals surface area contributed by atoms with Crippen molar-refractivity contribution in [3.8, 4) is 0 Å². The average molecular weight is 218 g/mol. The number of carbonyl (C=O) groups is 3. The number of ketones is 3. The highest BCUT2D eigenvalue weighted by Crippen LogP contribution is 2.57. The predicted octanol–water partition coefficient (Wildman–Crippen LogP) is 1.17. The molecule has 0 unspecified atom stereocenters. The van der Waals surface area contributed by atoms with Crippen molar-refractivity contribution in [2.45, 2.75) is 20.3 Å². The van der Waals surface area contributed by atoms with Gasteiger partial charge in [0.15, 0.2) is 5.78 Å². The van der Waals surface area contributed by atoms with Gasteiger partial charge < -0.3 is 0 Å². The first-order valence-electron chi connectivity index (χ1n) is 5.73. The molecule has 0 aliphatic heterocycles. The summed E-state index contributed by atoms with van der Waals surface area (Å²) in [6.45, 7) is 3.82. The molecule has 0 aromatic carbocycles. The average Bonchev–Trinajstić information content (AvgIpc) is 2.75. The lowest BCUT2D eigenvalue weighted by atomic mass is 9.74. The molecule has 3 nitrogen and oxygen atoms in total. The SMILES string of the molecule is CC1(C)C(=O)C[C@@H]2C(=O)[C@H]3C(=O)C=C[C@H]3[C@@H]21. The molecule has 3 aliphatic carbocycles. The third-order valence-electron chi connectivity index (χ3n) is 4.65. The highest BCUT2D eigenvalue weighted by Gasteiger charge is 2.63. The van der Waals surface area contributed by atoms with Crippen molar-refractivity contribution in [1.82, 2.24) is 0 Å². The fraction of sp³-hybridized carbons (Fsp3) is 0.615. The quantitative estimate of drug-likeness (QED) is 0.573. The normalized spacial score (nSPS) is 44.0. The molecule has 2 saturated carbocycles. The van der Waals surface area contributed by atoms with Crippen LogP contribution in [0, 0.1) is 29.1 Å². The van der Waals surface area contributed by atoms with Crippen LogP contribution in [0.4, 0.5) is 0 Å². The second-order valence-corrected chi connectivity index (χ2v) is 5.70. The fourth-order valence-electron chi connectivity index (χ4n) is 3.80. The number of hydrogen-bond acceptors (Lipinski definition) is 3. The molecule has 16 heavy (non-hydrogen) atoms. The van der Waals surface area contributed by atoms with Crippen LogP contribution in [0.15, 0.2) is 12.2 Å². The molecule has 3 aliphatic rings. The molecule has 3 rings (SSSR count). The molecule has 0 amide bonds. The summed E-state index contributed by atoms with van der Waals surface area (Å²) in [4.78, 5) is 35.6. The molecule has 0 radical (unpaired) electrons. The van der Waals surface area contributed by atoms with Crippen LogP contribution >= 0.6 is 0 Å². The van der Waals surface area contributed by atoms with Gasteiger partial charge in [0.1, 0.15) is 11.6 Å². The fourth-order valence-corrected chi connectivity index (χ4v) is 3.80. The maximum atomic E-state index is 12.1. The summed E-state index contributed by atoms with van der Waals surface area (Å²) in [5.41, 5.74) is -0.450. The van der Waals surface area contributed by atoms with E-state index in [1.54, 1.807) is 0 Å². The molecule has 0 spiro atoms. The van der Waals surface area contributed by atoms with Crippen molar-refractivity contribution < 1.29 is 14.4 Å². The summed E-state index contributed by atoms with van der Waals surface area (Å²) in [5, 5.41) is 0. The predicted molar refractivity (Wildman–Crippen MR) is 56.5 cm³/mol. The zero-order chi connectivity index (χ0) is 11.7. The van der Waals surface area contributed by atoms with E-state index in [4.69, 9.17) is 0 Å². The smallest absolute Gasteiger partial charge is 0.166 e. The maximum Gasteiger partial charge on any atom is 0.166 e. The highest BCUT2D eigenvalue weighted by atomic mass is 16.2. The standard InChI is InChI=1S/C13H14O3/c1-13(2)9(15)5-7-11(13)6-3-4-8(14)10(6)12(7)16/h3-4,6-7,10-11H,5H2,1-2H3/t6-,7+,10-,11+/m1/s1. The molecule has 0 N–H and O–H groups in total. The van der Waals surface area contributed by atoms with Gasteiger partial charge in [-0.1, -0.05) is 19.9 Å². The Morgan fingerprint density at radius 3 is 2.62 bits per heavy atom. The number of allylic oxidation sites excluding steroid dienone is 2. The first-order valence-corrected chi connectivity index (χ1v) is 5.73. The van der Waals surface area contributed by atoms with E-state index in [0.29, 0.717) is 6.42 Å². The van der Waals surface area contributed by atoms with Gasteiger partial charge in [-0.05, 0) is 17.9 Å². The van der Waals surface area contributed by atoms with Crippen molar-refractivity contribution in [1.29, 1.82) is 0 Å². The number of Topliss-reactive ketones (excluding diaryl/α,β-unsaturated/α-hetero) is 2. The number of carbonyl (C=O) groups excluding carboxylic acids is 3. The van der Waals surface area contributed by atoms with E-state index in [1.165, 1.54) is 6.08 Å². The maximum absolute atomic E-state index is 12.1. The van der Waals surface area contributed by atoms with Gasteiger partial charge in [-0.15, -0.1) is 0 Å². The molecular formula is C13H14O3. The van der Waals surface area contributed by atoms with Crippen molar-refractivity contribution in [3.05, 3.63) is 12.2 Å². The third-order valence-corrected chi connectivity index (χ3v) is 4.65.